The molecule has 0 saturated heterocycles. The van der Waals surface area contributed by atoms with Gasteiger partial charge in [0.05, 0.1) is 23.7 Å². The number of hydrogen-bond donors (Lipinski definition) is 2. The second kappa shape index (κ2) is 6.75. The summed E-state index contributed by atoms with van der Waals surface area (Å²) in [4.78, 5) is 21.9. The van der Waals surface area contributed by atoms with Crippen molar-refractivity contribution in [3.05, 3.63) is 21.1 Å². The second-order valence-electron chi connectivity index (χ2n) is 3.41. The van der Waals surface area contributed by atoms with Gasteiger partial charge in [-0.25, -0.2) is 0 Å². The minimum absolute atomic E-state index is 0.0693. The van der Waals surface area contributed by atoms with Crippen LogP contribution in [0.5, 0.6) is 5.75 Å². The molecule has 0 aromatic heterocycles. The number of aliphatic carboxylic acids is 1. The third-order valence-electron chi connectivity index (χ3n) is 2.08. The van der Waals surface area contributed by atoms with Gasteiger partial charge >= 0.3 is 5.97 Å². The Morgan fingerprint density at radius 3 is 2.50 bits per heavy atom. The minimum Gasteiger partial charge on any atom is -0.495 e. The van der Waals surface area contributed by atoms with Gasteiger partial charge in [-0.2, -0.15) is 0 Å². The number of benzene rings is 1. The quantitative estimate of drug-likeness (QED) is 0.823. The molecule has 1 aromatic carbocycles. The van der Waals surface area contributed by atoms with E-state index >= 15 is 0 Å². The van der Waals surface area contributed by atoms with Gasteiger partial charge < -0.3 is 15.2 Å². The number of ether oxygens (including phenoxy) is 1. The van der Waals surface area contributed by atoms with Crippen LogP contribution < -0.4 is 10.1 Å². The molecule has 0 bridgehead atoms. The fourth-order valence-corrected chi connectivity index (χ4v) is 2.47. The van der Waals surface area contributed by atoms with Gasteiger partial charge in [-0.3, -0.25) is 9.59 Å². The molecule has 0 spiro atoms. The standard InChI is InChI=1S/C11H11Br2NO4/c1-18-9-5-8(6(12)4-7(9)13)14-10(15)2-3-11(16)17/h4-5H,2-3H2,1H3,(H,14,15)(H,16,17). The van der Waals surface area contributed by atoms with E-state index in [4.69, 9.17) is 9.84 Å². The lowest BCUT2D eigenvalue weighted by Crippen LogP contribution is -2.13. The molecule has 18 heavy (non-hydrogen) atoms. The number of carbonyl (C=O) groups is 2. The van der Waals surface area contributed by atoms with Crippen LogP contribution in [0.15, 0.2) is 21.1 Å². The molecule has 1 amide bonds. The zero-order valence-electron chi connectivity index (χ0n) is 9.50. The Morgan fingerprint density at radius 2 is 1.94 bits per heavy atom. The van der Waals surface area contributed by atoms with E-state index in [1.54, 1.807) is 12.1 Å². The fourth-order valence-electron chi connectivity index (χ4n) is 1.21. The molecule has 0 saturated carbocycles. The third-order valence-corrected chi connectivity index (χ3v) is 3.36. The van der Waals surface area contributed by atoms with E-state index in [1.807, 2.05) is 0 Å². The van der Waals surface area contributed by atoms with Crippen LogP contribution >= 0.6 is 31.9 Å². The summed E-state index contributed by atoms with van der Waals surface area (Å²) in [7, 11) is 1.52. The Balaban J connectivity index is 2.78. The summed E-state index contributed by atoms with van der Waals surface area (Å²) in [5, 5.41) is 11.1. The Hall–Kier alpha value is -1.08. The van der Waals surface area contributed by atoms with E-state index in [0.29, 0.717) is 15.9 Å². The van der Waals surface area contributed by atoms with Crippen molar-refractivity contribution < 1.29 is 19.4 Å². The van der Waals surface area contributed by atoms with Crippen LogP contribution in [0, 0.1) is 0 Å². The summed E-state index contributed by atoms with van der Waals surface area (Å²) < 4.78 is 6.54. The van der Waals surface area contributed by atoms with E-state index in [2.05, 4.69) is 37.2 Å². The van der Waals surface area contributed by atoms with Crippen molar-refractivity contribution in [1.29, 1.82) is 0 Å². The molecule has 0 atom stereocenters. The summed E-state index contributed by atoms with van der Waals surface area (Å²) in [5.74, 6) is -0.785. The normalized spacial score (nSPS) is 9.94. The molecule has 0 aliphatic carbocycles. The highest BCUT2D eigenvalue weighted by Crippen LogP contribution is 2.34. The monoisotopic (exact) mass is 379 g/mol. The lowest BCUT2D eigenvalue weighted by Gasteiger charge is -2.10. The summed E-state index contributed by atoms with van der Waals surface area (Å²) >= 11 is 6.61. The van der Waals surface area contributed by atoms with Crippen molar-refractivity contribution in [2.24, 2.45) is 0 Å². The smallest absolute Gasteiger partial charge is 0.303 e. The van der Waals surface area contributed by atoms with Gasteiger partial charge in [0, 0.05) is 17.0 Å². The maximum atomic E-state index is 11.5. The molecular formula is C11H11Br2NO4. The summed E-state index contributed by atoms with van der Waals surface area (Å²) in [6.45, 7) is 0. The average molecular weight is 381 g/mol. The minimum atomic E-state index is -1.00. The van der Waals surface area contributed by atoms with Gasteiger partial charge in [0.2, 0.25) is 5.91 Å². The van der Waals surface area contributed by atoms with Crippen molar-refractivity contribution >= 4 is 49.4 Å². The van der Waals surface area contributed by atoms with Crippen molar-refractivity contribution in [2.75, 3.05) is 12.4 Å². The zero-order chi connectivity index (χ0) is 13.7. The molecule has 5 nitrogen and oxygen atoms in total. The van der Waals surface area contributed by atoms with E-state index in [0.717, 1.165) is 4.47 Å². The first kappa shape index (κ1) is 15.0. The van der Waals surface area contributed by atoms with Crippen molar-refractivity contribution in [2.45, 2.75) is 12.8 Å². The molecule has 0 unspecified atom stereocenters. The number of halogens is 2. The molecule has 1 rings (SSSR count). The van der Waals surface area contributed by atoms with Crippen LogP contribution in [0.2, 0.25) is 0 Å². The van der Waals surface area contributed by atoms with Crippen LogP contribution in [0.3, 0.4) is 0 Å². The molecular weight excluding hydrogens is 370 g/mol. The number of carboxylic acid groups (broad SMARTS) is 1. The summed E-state index contributed by atoms with van der Waals surface area (Å²) in [6, 6.07) is 3.39. The first-order chi connectivity index (χ1) is 8.43. The SMILES string of the molecule is COc1cc(NC(=O)CCC(=O)O)c(Br)cc1Br. The lowest BCUT2D eigenvalue weighted by molar-refractivity contribution is -0.138. The first-order valence-electron chi connectivity index (χ1n) is 4.98. The zero-order valence-corrected chi connectivity index (χ0v) is 12.7. The molecule has 98 valence electrons. The van der Waals surface area contributed by atoms with Crippen LogP contribution in [0.4, 0.5) is 5.69 Å². The maximum absolute atomic E-state index is 11.5. The topological polar surface area (TPSA) is 75.6 Å². The predicted octanol–water partition coefficient (Wildman–Crippen LogP) is 3.02. The van der Waals surface area contributed by atoms with Crippen LogP contribution in [-0.4, -0.2) is 24.1 Å². The summed E-state index contributed by atoms with van der Waals surface area (Å²) in [5.41, 5.74) is 0.533. The fraction of sp³-hybridized carbons (Fsp3) is 0.273. The Labute approximate surface area is 121 Å². The first-order valence-corrected chi connectivity index (χ1v) is 6.57. The lowest BCUT2D eigenvalue weighted by atomic mass is 10.2. The molecule has 1 aromatic rings. The van der Waals surface area contributed by atoms with Crippen molar-refractivity contribution in [3.8, 4) is 5.75 Å². The maximum Gasteiger partial charge on any atom is 0.303 e. The van der Waals surface area contributed by atoms with E-state index in [-0.39, 0.29) is 18.7 Å². The number of methoxy groups -OCH3 is 1. The number of carbonyl (C=O) groups excluding carboxylic acids is 1. The number of hydrogen-bond acceptors (Lipinski definition) is 3. The Morgan fingerprint density at radius 1 is 1.28 bits per heavy atom. The van der Waals surface area contributed by atoms with Gasteiger partial charge in [0.25, 0.3) is 0 Å². The molecule has 0 fully saturated rings. The van der Waals surface area contributed by atoms with Gasteiger partial charge in [0.1, 0.15) is 5.75 Å². The number of nitrogens with one attached hydrogen (secondary N) is 1. The van der Waals surface area contributed by atoms with Crippen LogP contribution in [-0.2, 0) is 9.59 Å². The molecule has 0 heterocycles. The highest BCUT2D eigenvalue weighted by Gasteiger charge is 2.11. The van der Waals surface area contributed by atoms with Crippen LogP contribution in [0.1, 0.15) is 12.8 Å². The second-order valence-corrected chi connectivity index (χ2v) is 5.12. The van der Waals surface area contributed by atoms with Gasteiger partial charge in [-0.15, -0.1) is 0 Å². The number of rotatable bonds is 5. The van der Waals surface area contributed by atoms with E-state index in [9.17, 15) is 9.59 Å². The van der Waals surface area contributed by atoms with Crippen molar-refractivity contribution in [3.63, 3.8) is 0 Å². The van der Waals surface area contributed by atoms with Gasteiger partial charge in [-0.1, -0.05) is 0 Å². The molecule has 2 N–H and O–H groups in total. The average Bonchev–Trinajstić information content (AvgIpc) is 2.30. The van der Waals surface area contributed by atoms with Crippen LogP contribution in [0.25, 0.3) is 0 Å². The Bertz CT molecular complexity index is 476. The number of carboxylic acids is 1. The Kier molecular flexibility index (Phi) is 5.61. The van der Waals surface area contributed by atoms with Gasteiger partial charge in [0.15, 0.2) is 0 Å². The third kappa shape index (κ3) is 4.30. The highest BCUT2D eigenvalue weighted by molar-refractivity contribution is 9.11. The van der Waals surface area contributed by atoms with Gasteiger partial charge in [-0.05, 0) is 37.9 Å². The molecule has 7 heteroatoms. The molecule has 0 radical (unpaired) electrons. The van der Waals surface area contributed by atoms with Crippen molar-refractivity contribution in [1.82, 2.24) is 0 Å². The van der Waals surface area contributed by atoms with E-state index < -0.39 is 5.97 Å². The predicted molar refractivity (Wildman–Crippen MR) is 73.9 cm³/mol. The largest absolute Gasteiger partial charge is 0.495 e. The number of amides is 1. The summed E-state index contributed by atoms with van der Waals surface area (Å²) in [6.07, 6.45) is -0.267. The van der Waals surface area contributed by atoms with E-state index in [1.165, 1.54) is 7.11 Å². The highest BCUT2D eigenvalue weighted by atomic mass is 79.9. The molecule has 0 aliphatic rings. The molecule has 0 aliphatic heterocycles. The number of anilines is 1.